The highest BCUT2D eigenvalue weighted by Gasteiger charge is 2.06. The zero-order valence-electron chi connectivity index (χ0n) is 7.25. The molecule has 0 aliphatic rings. The summed E-state index contributed by atoms with van der Waals surface area (Å²) < 4.78 is 2.35. The third kappa shape index (κ3) is 1.57. The molecule has 1 aromatic carbocycles. The molecule has 4 heteroatoms. The van der Waals surface area contributed by atoms with Crippen LogP contribution in [-0.2, 0) is 6.42 Å². The fourth-order valence-corrected chi connectivity index (χ4v) is 3.49. The number of nitrogens with zero attached hydrogens (tertiary/aromatic N) is 1. The number of nitrogens with two attached hydrogens (primary N) is 1. The summed E-state index contributed by atoms with van der Waals surface area (Å²) in [6.45, 7) is 0. The van der Waals surface area contributed by atoms with Crippen molar-refractivity contribution in [2.24, 2.45) is 0 Å². The van der Waals surface area contributed by atoms with Gasteiger partial charge in [0.05, 0.1) is 12.5 Å². The number of rotatable bonds is 1. The largest absolute Gasteiger partial charge is 0.398 e. The van der Waals surface area contributed by atoms with Gasteiger partial charge in [0.2, 0.25) is 0 Å². The molecule has 2 nitrogen and oxygen atoms in total. The molecule has 2 rings (SSSR count). The molecule has 0 bridgehead atoms. The Bertz CT molecular complexity index is 525. The fraction of sp³-hybridized carbons (Fsp3) is 0.100. The Kier molecular flexibility index (Phi) is 2.61. The van der Waals surface area contributed by atoms with E-state index in [0.29, 0.717) is 6.42 Å². The van der Waals surface area contributed by atoms with Gasteiger partial charge >= 0.3 is 0 Å². The maximum Gasteiger partial charge on any atom is 0.0669 e. The zero-order valence-corrected chi connectivity index (χ0v) is 10.2. The van der Waals surface area contributed by atoms with Gasteiger partial charge in [-0.3, -0.25) is 0 Å². The topological polar surface area (TPSA) is 49.8 Å². The normalized spacial score (nSPS) is 10.3. The molecule has 0 aliphatic carbocycles. The van der Waals surface area contributed by atoms with E-state index in [9.17, 15) is 0 Å². The van der Waals surface area contributed by atoms with E-state index in [0.717, 1.165) is 16.6 Å². The molecule has 1 aromatic heterocycles. The molecule has 0 saturated carbocycles. The number of anilines is 1. The average Bonchev–Trinajstić information content (AvgIpc) is 2.48. The highest BCUT2D eigenvalue weighted by atomic mass is 127. The lowest BCUT2D eigenvalue weighted by Gasteiger charge is -2.00. The number of thiophene rings is 1. The number of fused-ring (bicyclic) bond motifs is 1. The lowest BCUT2D eigenvalue weighted by Crippen LogP contribution is -1.89. The van der Waals surface area contributed by atoms with Crippen LogP contribution in [-0.4, -0.2) is 0 Å². The number of hydrogen-bond acceptors (Lipinski definition) is 3. The molecule has 0 fully saturated rings. The Hall–Kier alpha value is -0.800. The molecule has 0 amide bonds. The Labute approximate surface area is 99.5 Å². The summed E-state index contributed by atoms with van der Waals surface area (Å²) in [6.07, 6.45) is 0.425. The van der Waals surface area contributed by atoms with E-state index in [1.807, 2.05) is 12.1 Å². The van der Waals surface area contributed by atoms with Crippen molar-refractivity contribution in [2.45, 2.75) is 6.42 Å². The van der Waals surface area contributed by atoms with Crippen molar-refractivity contribution in [1.82, 2.24) is 0 Å². The molecule has 14 heavy (non-hydrogen) atoms. The number of halogens is 1. The van der Waals surface area contributed by atoms with Crippen LogP contribution < -0.4 is 5.73 Å². The molecule has 0 spiro atoms. The van der Waals surface area contributed by atoms with Gasteiger partial charge < -0.3 is 5.73 Å². The Morgan fingerprint density at radius 2 is 2.29 bits per heavy atom. The van der Waals surface area contributed by atoms with Crippen LogP contribution in [0.4, 0.5) is 5.69 Å². The van der Waals surface area contributed by atoms with Crippen molar-refractivity contribution >= 4 is 49.7 Å². The second-order valence-corrected chi connectivity index (χ2v) is 5.05. The van der Waals surface area contributed by atoms with E-state index in [4.69, 9.17) is 11.0 Å². The van der Waals surface area contributed by atoms with Crippen molar-refractivity contribution in [2.75, 3.05) is 5.73 Å². The van der Waals surface area contributed by atoms with Crippen molar-refractivity contribution in [3.8, 4) is 6.07 Å². The summed E-state index contributed by atoms with van der Waals surface area (Å²) in [6, 6.07) is 6.06. The second-order valence-electron chi connectivity index (χ2n) is 2.98. The maximum absolute atomic E-state index is 8.60. The molecular formula is C10H7IN2S. The maximum atomic E-state index is 8.60. The molecule has 1 heterocycles. The first-order valence-electron chi connectivity index (χ1n) is 4.04. The highest BCUT2D eigenvalue weighted by molar-refractivity contribution is 14.1. The van der Waals surface area contributed by atoms with E-state index in [1.165, 1.54) is 8.27 Å². The van der Waals surface area contributed by atoms with Gasteiger partial charge in [-0.05, 0) is 40.3 Å². The van der Waals surface area contributed by atoms with Crippen molar-refractivity contribution in [1.29, 1.82) is 5.26 Å². The van der Waals surface area contributed by atoms with Gasteiger partial charge in [0, 0.05) is 24.7 Å². The van der Waals surface area contributed by atoms with Crippen molar-refractivity contribution in [3.63, 3.8) is 0 Å². The minimum absolute atomic E-state index is 0.425. The molecule has 0 aliphatic heterocycles. The van der Waals surface area contributed by atoms with Gasteiger partial charge in [0.25, 0.3) is 0 Å². The lowest BCUT2D eigenvalue weighted by atomic mass is 10.1. The monoisotopic (exact) mass is 314 g/mol. The fourth-order valence-electron chi connectivity index (χ4n) is 1.41. The lowest BCUT2D eigenvalue weighted by molar-refractivity contribution is 1.27. The number of nitrogen functional groups attached to an aromatic ring is 1. The first-order chi connectivity index (χ1) is 6.72. The van der Waals surface area contributed by atoms with Gasteiger partial charge in [-0.15, -0.1) is 11.3 Å². The summed E-state index contributed by atoms with van der Waals surface area (Å²) in [7, 11) is 0. The Balaban J connectivity index is 2.69. The zero-order chi connectivity index (χ0) is 10.1. The summed E-state index contributed by atoms with van der Waals surface area (Å²) in [5.41, 5.74) is 7.70. The Morgan fingerprint density at radius 1 is 1.50 bits per heavy atom. The smallest absolute Gasteiger partial charge is 0.0669 e. The minimum atomic E-state index is 0.425. The highest BCUT2D eigenvalue weighted by Crippen LogP contribution is 2.32. The summed E-state index contributed by atoms with van der Waals surface area (Å²) in [5.74, 6) is 0. The third-order valence-corrected chi connectivity index (χ3v) is 4.21. The van der Waals surface area contributed by atoms with Crippen LogP contribution in [0.1, 0.15) is 5.56 Å². The van der Waals surface area contributed by atoms with Gasteiger partial charge in [0.1, 0.15) is 0 Å². The van der Waals surface area contributed by atoms with Gasteiger partial charge in [0.15, 0.2) is 0 Å². The predicted molar refractivity (Wildman–Crippen MR) is 68.3 cm³/mol. The van der Waals surface area contributed by atoms with E-state index in [2.05, 4.69) is 34.0 Å². The number of benzene rings is 1. The molecule has 2 N–H and O–H groups in total. The molecule has 70 valence electrons. The van der Waals surface area contributed by atoms with Crippen LogP contribution >= 0.6 is 33.9 Å². The molecule has 2 aromatic rings. The standard InChI is InChI=1S/C10H7IN2S/c11-7-5-14-9-4-6(1-2-12)3-8(13)10(7)9/h3-5H,1,13H2. The number of nitriles is 1. The van der Waals surface area contributed by atoms with Crippen molar-refractivity contribution < 1.29 is 0 Å². The molecule has 0 saturated heterocycles. The first-order valence-corrected chi connectivity index (χ1v) is 6.00. The average molecular weight is 314 g/mol. The van der Waals surface area contributed by atoms with Gasteiger partial charge in [-0.1, -0.05) is 0 Å². The predicted octanol–water partition coefficient (Wildman–Crippen LogP) is 3.15. The van der Waals surface area contributed by atoms with Crippen LogP contribution in [0.2, 0.25) is 0 Å². The molecular weight excluding hydrogens is 307 g/mol. The van der Waals surface area contributed by atoms with Crippen LogP contribution in [0, 0.1) is 14.9 Å². The summed E-state index contributed by atoms with van der Waals surface area (Å²) >= 11 is 3.95. The number of hydrogen-bond donors (Lipinski definition) is 1. The SMILES string of the molecule is N#CCc1cc(N)c2c(I)csc2c1. The van der Waals surface area contributed by atoms with E-state index >= 15 is 0 Å². The molecule has 0 unspecified atom stereocenters. The van der Waals surface area contributed by atoms with Crippen LogP contribution in [0.25, 0.3) is 10.1 Å². The third-order valence-electron chi connectivity index (χ3n) is 2.00. The van der Waals surface area contributed by atoms with Crippen LogP contribution in [0.3, 0.4) is 0 Å². The van der Waals surface area contributed by atoms with Crippen LogP contribution in [0.5, 0.6) is 0 Å². The first kappa shape index (κ1) is 9.74. The van der Waals surface area contributed by atoms with E-state index in [1.54, 1.807) is 11.3 Å². The Morgan fingerprint density at radius 3 is 3.00 bits per heavy atom. The van der Waals surface area contributed by atoms with Gasteiger partial charge in [-0.2, -0.15) is 5.26 Å². The van der Waals surface area contributed by atoms with E-state index < -0.39 is 0 Å². The minimum Gasteiger partial charge on any atom is -0.398 e. The van der Waals surface area contributed by atoms with Crippen molar-refractivity contribution in [3.05, 3.63) is 26.6 Å². The molecule has 0 radical (unpaired) electrons. The van der Waals surface area contributed by atoms with E-state index in [-0.39, 0.29) is 0 Å². The summed E-state index contributed by atoms with van der Waals surface area (Å²) in [4.78, 5) is 0. The van der Waals surface area contributed by atoms with Crippen LogP contribution in [0.15, 0.2) is 17.5 Å². The second kappa shape index (κ2) is 3.75. The van der Waals surface area contributed by atoms with Gasteiger partial charge in [-0.25, -0.2) is 0 Å². The summed E-state index contributed by atoms with van der Waals surface area (Å²) in [5, 5.41) is 11.8. The quantitative estimate of drug-likeness (QED) is 0.649. The molecule has 0 atom stereocenters.